The summed E-state index contributed by atoms with van der Waals surface area (Å²) in [6, 6.07) is 20.1. The number of rotatable bonds is 11. The van der Waals surface area contributed by atoms with E-state index in [1.54, 1.807) is 37.3 Å². The number of anilines is 1. The van der Waals surface area contributed by atoms with Gasteiger partial charge in [0.2, 0.25) is 11.8 Å². The van der Waals surface area contributed by atoms with Gasteiger partial charge in [-0.1, -0.05) is 59.3 Å². The summed E-state index contributed by atoms with van der Waals surface area (Å²) in [6.07, 6.45) is 0.745. The van der Waals surface area contributed by atoms with Gasteiger partial charge in [0.1, 0.15) is 12.6 Å². The lowest BCUT2D eigenvalue weighted by Gasteiger charge is -2.32. The van der Waals surface area contributed by atoms with Gasteiger partial charge in [-0.05, 0) is 87.2 Å². The average molecular weight is 615 g/mol. The zero-order valence-corrected chi connectivity index (χ0v) is 25.4. The molecule has 0 aromatic heterocycles. The standard InChI is InChI=1S/C30H36BrN3O4S/c1-6-23(4)32-30(36)24(5)33(19-25-12-14-26(31)15-13-25)29(35)20-34(27-17-21(2)16-22(3)18-27)39(37,38)28-10-8-7-9-11-28/h7-18,23-24H,6,19-20H2,1-5H3,(H,32,36)/t23-,24+/m0/s1. The third-order valence-electron chi connectivity index (χ3n) is 6.54. The maximum Gasteiger partial charge on any atom is 0.264 e. The van der Waals surface area contributed by atoms with E-state index in [-0.39, 0.29) is 23.4 Å². The highest BCUT2D eigenvalue weighted by Crippen LogP contribution is 2.26. The molecule has 0 radical (unpaired) electrons. The first-order valence-electron chi connectivity index (χ1n) is 12.9. The second-order valence-electron chi connectivity index (χ2n) is 9.81. The lowest BCUT2D eigenvalue weighted by Crippen LogP contribution is -2.52. The largest absolute Gasteiger partial charge is 0.352 e. The maximum atomic E-state index is 14.0. The number of aryl methyl sites for hydroxylation is 2. The monoisotopic (exact) mass is 613 g/mol. The molecule has 39 heavy (non-hydrogen) atoms. The quantitative estimate of drug-likeness (QED) is 0.305. The molecule has 3 aromatic rings. The molecule has 0 aliphatic rings. The van der Waals surface area contributed by atoms with E-state index in [2.05, 4.69) is 21.2 Å². The Morgan fingerprint density at radius 3 is 2.08 bits per heavy atom. The second kappa shape index (κ2) is 13.3. The molecule has 0 saturated carbocycles. The first kappa shape index (κ1) is 30.4. The molecule has 0 bridgehead atoms. The van der Waals surface area contributed by atoms with Crippen molar-refractivity contribution in [2.24, 2.45) is 0 Å². The molecule has 9 heteroatoms. The molecule has 208 valence electrons. The molecule has 0 saturated heterocycles. The molecule has 0 aliphatic heterocycles. The van der Waals surface area contributed by atoms with Crippen LogP contribution in [-0.2, 0) is 26.2 Å². The fourth-order valence-electron chi connectivity index (χ4n) is 4.18. The molecule has 3 aromatic carbocycles. The van der Waals surface area contributed by atoms with Crippen LogP contribution in [-0.4, -0.2) is 43.8 Å². The lowest BCUT2D eigenvalue weighted by atomic mass is 10.1. The SMILES string of the molecule is CC[C@H](C)NC(=O)[C@@H](C)N(Cc1ccc(Br)cc1)C(=O)CN(c1cc(C)cc(C)c1)S(=O)(=O)c1ccccc1. The van der Waals surface area contributed by atoms with Crippen molar-refractivity contribution in [3.05, 3.63) is 94.0 Å². The van der Waals surface area contributed by atoms with Crippen LogP contribution in [0.25, 0.3) is 0 Å². The maximum absolute atomic E-state index is 14.0. The number of sulfonamides is 1. The number of carbonyl (C=O) groups is 2. The predicted octanol–water partition coefficient (Wildman–Crippen LogP) is 5.59. The number of hydrogen-bond donors (Lipinski definition) is 1. The molecule has 0 unspecified atom stereocenters. The summed E-state index contributed by atoms with van der Waals surface area (Å²) in [4.78, 5) is 28.6. The Bertz CT molecular complexity index is 1380. The summed E-state index contributed by atoms with van der Waals surface area (Å²) >= 11 is 3.42. The van der Waals surface area contributed by atoms with Crippen LogP contribution in [0.4, 0.5) is 5.69 Å². The molecular weight excluding hydrogens is 578 g/mol. The summed E-state index contributed by atoms with van der Waals surface area (Å²) < 4.78 is 29.8. The van der Waals surface area contributed by atoms with Crippen molar-refractivity contribution in [2.45, 2.75) is 64.6 Å². The molecule has 0 fully saturated rings. The van der Waals surface area contributed by atoms with Gasteiger partial charge >= 0.3 is 0 Å². The normalized spacial score (nSPS) is 12.9. The van der Waals surface area contributed by atoms with Crippen LogP contribution in [0.2, 0.25) is 0 Å². The lowest BCUT2D eigenvalue weighted by molar-refractivity contribution is -0.139. The minimum Gasteiger partial charge on any atom is -0.352 e. The van der Waals surface area contributed by atoms with E-state index in [0.29, 0.717) is 5.69 Å². The Balaban J connectivity index is 2.04. The minimum atomic E-state index is -4.08. The number of hydrogen-bond acceptors (Lipinski definition) is 4. The fraction of sp³-hybridized carbons (Fsp3) is 0.333. The van der Waals surface area contributed by atoms with Crippen LogP contribution >= 0.6 is 15.9 Å². The first-order valence-corrected chi connectivity index (χ1v) is 15.2. The van der Waals surface area contributed by atoms with E-state index in [9.17, 15) is 18.0 Å². The van der Waals surface area contributed by atoms with Crippen LogP contribution in [0.5, 0.6) is 0 Å². The van der Waals surface area contributed by atoms with Crippen LogP contribution in [0.1, 0.15) is 43.9 Å². The minimum absolute atomic E-state index is 0.0604. The average Bonchev–Trinajstić information content (AvgIpc) is 2.90. The number of benzene rings is 3. The Kier molecular flexibility index (Phi) is 10.3. The summed E-state index contributed by atoms with van der Waals surface area (Å²) in [7, 11) is -4.08. The zero-order valence-electron chi connectivity index (χ0n) is 23.0. The molecule has 1 N–H and O–H groups in total. The van der Waals surface area contributed by atoms with Gasteiger partial charge in [0.25, 0.3) is 10.0 Å². The van der Waals surface area contributed by atoms with Crippen molar-refractivity contribution >= 4 is 43.5 Å². The molecule has 2 atom stereocenters. The van der Waals surface area contributed by atoms with E-state index in [1.165, 1.54) is 17.0 Å². The van der Waals surface area contributed by atoms with Crippen LogP contribution in [0, 0.1) is 13.8 Å². The molecule has 0 spiro atoms. The van der Waals surface area contributed by atoms with Crippen LogP contribution in [0.3, 0.4) is 0 Å². The van der Waals surface area contributed by atoms with E-state index in [0.717, 1.165) is 31.9 Å². The van der Waals surface area contributed by atoms with Gasteiger partial charge in [-0.25, -0.2) is 8.42 Å². The molecule has 7 nitrogen and oxygen atoms in total. The van der Waals surface area contributed by atoms with Gasteiger partial charge in [0, 0.05) is 17.1 Å². The van der Waals surface area contributed by atoms with E-state index in [4.69, 9.17) is 0 Å². The highest BCUT2D eigenvalue weighted by atomic mass is 79.9. The van der Waals surface area contributed by atoms with Gasteiger partial charge in [-0.15, -0.1) is 0 Å². The molecule has 3 rings (SSSR count). The van der Waals surface area contributed by atoms with E-state index in [1.807, 2.05) is 58.0 Å². The smallest absolute Gasteiger partial charge is 0.264 e. The van der Waals surface area contributed by atoms with Crippen molar-refractivity contribution in [2.75, 3.05) is 10.8 Å². The Morgan fingerprint density at radius 1 is 0.923 bits per heavy atom. The summed E-state index contributed by atoms with van der Waals surface area (Å²) in [5.74, 6) is -0.776. The van der Waals surface area contributed by atoms with Crippen LogP contribution in [0.15, 0.2) is 82.2 Å². The third-order valence-corrected chi connectivity index (χ3v) is 8.86. The highest BCUT2D eigenvalue weighted by molar-refractivity contribution is 9.10. The van der Waals surface area contributed by atoms with Crippen molar-refractivity contribution in [1.29, 1.82) is 0 Å². The van der Waals surface area contributed by atoms with Crippen molar-refractivity contribution in [3.63, 3.8) is 0 Å². The third kappa shape index (κ3) is 7.92. The molecular formula is C30H36BrN3O4S. The summed E-state index contributed by atoms with van der Waals surface area (Å²) in [6.45, 7) is 8.99. The van der Waals surface area contributed by atoms with Gasteiger partial charge in [-0.2, -0.15) is 0 Å². The number of carbonyl (C=O) groups excluding carboxylic acids is 2. The number of halogens is 1. The Morgan fingerprint density at radius 2 is 1.51 bits per heavy atom. The van der Waals surface area contributed by atoms with Crippen LogP contribution < -0.4 is 9.62 Å². The molecule has 0 heterocycles. The van der Waals surface area contributed by atoms with Crippen molar-refractivity contribution in [3.8, 4) is 0 Å². The Labute approximate surface area is 240 Å². The summed E-state index contributed by atoms with van der Waals surface area (Å²) in [5.41, 5.74) is 2.96. The topological polar surface area (TPSA) is 86.8 Å². The van der Waals surface area contributed by atoms with Gasteiger partial charge in [0.15, 0.2) is 0 Å². The van der Waals surface area contributed by atoms with Crippen molar-refractivity contribution in [1.82, 2.24) is 10.2 Å². The van der Waals surface area contributed by atoms with E-state index < -0.39 is 28.5 Å². The predicted molar refractivity (Wildman–Crippen MR) is 159 cm³/mol. The van der Waals surface area contributed by atoms with Gasteiger partial charge < -0.3 is 10.2 Å². The Hall–Kier alpha value is -3.17. The highest BCUT2D eigenvalue weighted by Gasteiger charge is 2.32. The van der Waals surface area contributed by atoms with Gasteiger partial charge in [-0.3, -0.25) is 13.9 Å². The van der Waals surface area contributed by atoms with E-state index >= 15 is 0 Å². The second-order valence-corrected chi connectivity index (χ2v) is 12.6. The molecule has 2 amide bonds. The zero-order chi connectivity index (χ0) is 28.7. The summed E-state index contributed by atoms with van der Waals surface area (Å²) in [5, 5.41) is 2.94. The molecule has 0 aliphatic carbocycles. The van der Waals surface area contributed by atoms with Gasteiger partial charge in [0.05, 0.1) is 10.6 Å². The number of amides is 2. The number of nitrogens with zero attached hydrogens (tertiary/aromatic N) is 2. The van der Waals surface area contributed by atoms with Crippen molar-refractivity contribution < 1.29 is 18.0 Å². The fourth-order valence-corrected chi connectivity index (χ4v) is 5.86. The first-order chi connectivity index (χ1) is 18.4. The number of nitrogens with one attached hydrogen (secondary N) is 1.